The van der Waals surface area contributed by atoms with Gasteiger partial charge in [0, 0.05) is 7.11 Å². The lowest BCUT2D eigenvalue weighted by Gasteiger charge is -2.46. The molecule has 2 saturated carbocycles. The van der Waals surface area contributed by atoms with Crippen molar-refractivity contribution in [2.45, 2.75) is 50.5 Å². The van der Waals surface area contributed by atoms with E-state index in [1.54, 1.807) is 7.11 Å². The van der Waals surface area contributed by atoms with Gasteiger partial charge in [0.2, 0.25) is 11.8 Å². The Morgan fingerprint density at radius 2 is 1.75 bits per heavy atom. The number of hydrogen-bond donors (Lipinski definition) is 1. The molecule has 3 rings (SSSR count). The number of ether oxygens (including phenoxy) is 1. The second-order valence-electron chi connectivity index (χ2n) is 6.18. The Bertz CT molecular complexity index is 458. The average molecular weight is 280 g/mol. The molecule has 1 saturated heterocycles. The molecule has 2 aliphatic carbocycles. The molecule has 6 heteroatoms. The van der Waals surface area contributed by atoms with Crippen molar-refractivity contribution in [3.05, 3.63) is 0 Å². The van der Waals surface area contributed by atoms with Gasteiger partial charge >= 0.3 is 6.03 Å². The molecule has 0 aromatic carbocycles. The summed E-state index contributed by atoms with van der Waals surface area (Å²) in [4.78, 5) is 38.0. The zero-order valence-corrected chi connectivity index (χ0v) is 11.7. The molecule has 6 nitrogen and oxygen atoms in total. The fraction of sp³-hybridized carbons (Fsp3) is 0.786. The molecule has 3 fully saturated rings. The molecular weight excluding hydrogens is 260 g/mol. The van der Waals surface area contributed by atoms with E-state index in [-0.39, 0.29) is 12.5 Å². The van der Waals surface area contributed by atoms with E-state index in [1.165, 1.54) is 4.90 Å². The van der Waals surface area contributed by atoms with Crippen LogP contribution < -0.4 is 5.32 Å². The Morgan fingerprint density at radius 1 is 1.10 bits per heavy atom. The maximum Gasteiger partial charge on any atom is 0.330 e. The summed E-state index contributed by atoms with van der Waals surface area (Å²) in [5.74, 6) is -0.742. The molecule has 1 spiro atoms. The van der Waals surface area contributed by atoms with Crippen LogP contribution in [0, 0.1) is 5.41 Å². The van der Waals surface area contributed by atoms with E-state index in [1.807, 2.05) is 0 Å². The van der Waals surface area contributed by atoms with E-state index in [4.69, 9.17) is 4.74 Å². The van der Waals surface area contributed by atoms with Gasteiger partial charge in [-0.2, -0.15) is 0 Å². The summed E-state index contributed by atoms with van der Waals surface area (Å²) < 4.78 is 5.49. The summed E-state index contributed by atoms with van der Waals surface area (Å²) in [5, 5.41) is 2.36. The second-order valence-corrected chi connectivity index (χ2v) is 6.18. The van der Waals surface area contributed by atoms with Crippen LogP contribution in [0.5, 0.6) is 0 Å². The minimum Gasteiger partial charge on any atom is -0.376 e. The van der Waals surface area contributed by atoms with Crippen molar-refractivity contribution >= 4 is 17.8 Å². The van der Waals surface area contributed by atoms with Gasteiger partial charge in [-0.1, -0.05) is 12.8 Å². The first kappa shape index (κ1) is 13.5. The molecule has 0 aromatic rings. The molecule has 3 aliphatic rings. The van der Waals surface area contributed by atoms with Crippen molar-refractivity contribution in [3.8, 4) is 0 Å². The Morgan fingerprint density at radius 3 is 2.25 bits per heavy atom. The van der Waals surface area contributed by atoms with Crippen molar-refractivity contribution in [1.82, 2.24) is 10.2 Å². The predicted octanol–water partition coefficient (Wildman–Crippen LogP) is 1.19. The van der Waals surface area contributed by atoms with Crippen LogP contribution in [0.4, 0.5) is 4.79 Å². The van der Waals surface area contributed by atoms with Gasteiger partial charge in [-0.3, -0.25) is 19.8 Å². The smallest absolute Gasteiger partial charge is 0.330 e. The van der Waals surface area contributed by atoms with Crippen LogP contribution >= 0.6 is 0 Å². The Hall–Kier alpha value is -1.43. The number of methoxy groups -OCH3 is 1. The van der Waals surface area contributed by atoms with Crippen LogP contribution in [-0.2, 0) is 14.3 Å². The van der Waals surface area contributed by atoms with E-state index in [0.717, 1.165) is 32.1 Å². The Balaban J connectivity index is 1.84. The molecule has 1 heterocycles. The Kier molecular flexibility index (Phi) is 3.08. The van der Waals surface area contributed by atoms with Gasteiger partial charge in [0.25, 0.3) is 0 Å². The van der Waals surface area contributed by atoms with Crippen molar-refractivity contribution in [1.29, 1.82) is 0 Å². The van der Waals surface area contributed by atoms with Crippen molar-refractivity contribution in [2.75, 3.05) is 13.7 Å². The van der Waals surface area contributed by atoms with Gasteiger partial charge in [0.15, 0.2) is 0 Å². The molecule has 110 valence electrons. The standard InChI is InChI=1S/C14H20N2O4/c1-20-13(5-4-6-13)9-16-11(18)14(7-2-3-8-14)10(17)15-12(16)19/h2-9H2,1H3,(H,15,17,19). The molecule has 0 unspecified atom stereocenters. The van der Waals surface area contributed by atoms with Crippen LogP contribution in [0.25, 0.3) is 0 Å². The summed E-state index contributed by atoms with van der Waals surface area (Å²) in [6.07, 6.45) is 5.54. The third kappa shape index (κ3) is 1.78. The van der Waals surface area contributed by atoms with E-state index < -0.39 is 23.0 Å². The van der Waals surface area contributed by atoms with E-state index in [0.29, 0.717) is 12.8 Å². The fourth-order valence-corrected chi connectivity index (χ4v) is 3.58. The lowest BCUT2D eigenvalue weighted by molar-refractivity contribution is -0.156. The summed E-state index contributed by atoms with van der Waals surface area (Å²) in [6.45, 7) is 0.253. The SMILES string of the molecule is COC1(CN2C(=O)NC(=O)C3(CCCC3)C2=O)CCC1. The maximum atomic E-state index is 12.7. The number of amides is 4. The highest BCUT2D eigenvalue weighted by molar-refractivity contribution is 6.19. The van der Waals surface area contributed by atoms with Gasteiger partial charge in [-0.15, -0.1) is 0 Å². The first-order valence-corrected chi connectivity index (χ1v) is 7.26. The van der Waals surface area contributed by atoms with Gasteiger partial charge in [-0.05, 0) is 32.1 Å². The fourth-order valence-electron chi connectivity index (χ4n) is 3.58. The summed E-state index contributed by atoms with van der Waals surface area (Å²) in [7, 11) is 1.61. The first-order chi connectivity index (χ1) is 9.53. The number of hydrogen-bond acceptors (Lipinski definition) is 4. The zero-order chi connectivity index (χ0) is 14.4. The summed E-state index contributed by atoms with van der Waals surface area (Å²) in [5.41, 5.74) is -1.42. The maximum absolute atomic E-state index is 12.7. The molecule has 0 atom stereocenters. The number of urea groups is 1. The molecular formula is C14H20N2O4. The minimum absolute atomic E-state index is 0.253. The number of nitrogens with one attached hydrogen (secondary N) is 1. The molecule has 0 bridgehead atoms. The van der Waals surface area contributed by atoms with Gasteiger partial charge in [0.05, 0.1) is 12.1 Å². The van der Waals surface area contributed by atoms with Gasteiger partial charge in [0.1, 0.15) is 5.41 Å². The minimum atomic E-state index is -1.01. The van der Waals surface area contributed by atoms with E-state index in [9.17, 15) is 14.4 Å². The number of barbiturate groups is 1. The number of rotatable bonds is 3. The average Bonchev–Trinajstić information content (AvgIpc) is 2.86. The van der Waals surface area contributed by atoms with Crippen molar-refractivity contribution in [2.24, 2.45) is 5.41 Å². The highest BCUT2D eigenvalue weighted by Crippen LogP contribution is 2.43. The highest BCUT2D eigenvalue weighted by atomic mass is 16.5. The molecule has 1 N–H and O–H groups in total. The van der Waals surface area contributed by atoms with Crippen LogP contribution in [0.1, 0.15) is 44.9 Å². The number of imide groups is 2. The quantitative estimate of drug-likeness (QED) is 0.788. The number of carbonyl (C=O) groups is 3. The molecule has 4 amide bonds. The van der Waals surface area contributed by atoms with E-state index >= 15 is 0 Å². The highest BCUT2D eigenvalue weighted by Gasteiger charge is 2.56. The third-order valence-electron chi connectivity index (χ3n) is 5.16. The first-order valence-electron chi connectivity index (χ1n) is 7.26. The van der Waals surface area contributed by atoms with Crippen LogP contribution in [0.3, 0.4) is 0 Å². The summed E-state index contributed by atoms with van der Waals surface area (Å²) >= 11 is 0. The molecule has 0 aromatic heterocycles. The molecule has 1 aliphatic heterocycles. The van der Waals surface area contributed by atoms with E-state index in [2.05, 4.69) is 5.32 Å². The predicted molar refractivity (Wildman–Crippen MR) is 69.7 cm³/mol. The van der Waals surface area contributed by atoms with Crippen molar-refractivity contribution in [3.63, 3.8) is 0 Å². The van der Waals surface area contributed by atoms with Gasteiger partial charge < -0.3 is 4.74 Å². The zero-order valence-electron chi connectivity index (χ0n) is 11.7. The van der Waals surface area contributed by atoms with Crippen LogP contribution in [0.2, 0.25) is 0 Å². The van der Waals surface area contributed by atoms with Crippen LogP contribution in [-0.4, -0.2) is 42.0 Å². The topological polar surface area (TPSA) is 75.7 Å². The number of nitrogens with zero attached hydrogens (tertiary/aromatic N) is 1. The lowest BCUT2D eigenvalue weighted by atomic mass is 9.77. The lowest BCUT2D eigenvalue weighted by Crippen LogP contribution is -2.66. The monoisotopic (exact) mass is 280 g/mol. The normalized spacial score (nSPS) is 27.6. The Labute approximate surface area is 117 Å². The summed E-state index contributed by atoms with van der Waals surface area (Å²) in [6, 6.07) is -0.596. The van der Waals surface area contributed by atoms with Crippen molar-refractivity contribution < 1.29 is 19.1 Å². The molecule has 20 heavy (non-hydrogen) atoms. The third-order valence-corrected chi connectivity index (χ3v) is 5.16. The second kappa shape index (κ2) is 4.55. The molecule has 0 radical (unpaired) electrons. The largest absolute Gasteiger partial charge is 0.376 e. The number of carbonyl (C=O) groups excluding carboxylic acids is 3. The van der Waals surface area contributed by atoms with Gasteiger partial charge in [-0.25, -0.2) is 4.79 Å². The van der Waals surface area contributed by atoms with Crippen LogP contribution in [0.15, 0.2) is 0 Å².